The predicted molar refractivity (Wildman–Crippen MR) is 160 cm³/mol. The van der Waals surface area contributed by atoms with Gasteiger partial charge in [0.2, 0.25) is 0 Å². The van der Waals surface area contributed by atoms with Crippen molar-refractivity contribution in [2.45, 2.75) is 70.1 Å². The number of ether oxygens (including phenoxy) is 1. The second-order valence-electron chi connectivity index (χ2n) is 12.6. The first-order valence-electron chi connectivity index (χ1n) is 14.5. The topological polar surface area (TPSA) is 58.9 Å². The second-order valence-corrected chi connectivity index (χ2v) is 16.8. The van der Waals surface area contributed by atoms with E-state index in [0.717, 1.165) is 31.4 Å². The highest BCUT2D eigenvalue weighted by molar-refractivity contribution is 6.99. The fourth-order valence-corrected chi connectivity index (χ4v) is 12.2. The van der Waals surface area contributed by atoms with Gasteiger partial charge < -0.3 is 19.4 Å². The minimum absolute atomic E-state index is 0.0810. The minimum atomic E-state index is -2.72. The van der Waals surface area contributed by atoms with Crippen molar-refractivity contribution in [2.75, 3.05) is 13.7 Å². The van der Waals surface area contributed by atoms with Crippen LogP contribution in [-0.2, 0) is 17.3 Å². The zero-order valence-electron chi connectivity index (χ0n) is 23.8. The summed E-state index contributed by atoms with van der Waals surface area (Å²) < 4.78 is 13.5. The highest BCUT2D eigenvalue weighted by Crippen LogP contribution is 2.51. The van der Waals surface area contributed by atoms with Gasteiger partial charge >= 0.3 is 0 Å². The van der Waals surface area contributed by atoms with Crippen LogP contribution in [0.3, 0.4) is 0 Å². The summed E-state index contributed by atoms with van der Waals surface area (Å²) in [5.41, 5.74) is 2.73. The van der Waals surface area contributed by atoms with Crippen LogP contribution in [-0.4, -0.2) is 44.5 Å². The monoisotopic (exact) mass is 544 g/mol. The van der Waals surface area contributed by atoms with Gasteiger partial charge in [0.1, 0.15) is 5.75 Å². The molecule has 0 radical (unpaired) electrons. The van der Waals surface area contributed by atoms with Gasteiger partial charge in [0.15, 0.2) is 0 Å². The quantitative estimate of drug-likeness (QED) is 0.367. The van der Waals surface area contributed by atoms with Gasteiger partial charge in [-0.1, -0.05) is 93.6 Å². The van der Waals surface area contributed by atoms with Crippen LogP contribution in [0.5, 0.6) is 5.75 Å². The van der Waals surface area contributed by atoms with Crippen LogP contribution in [0, 0.1) is 17.8 Å². The van der Waals surface area contributed by atoms with Crippen molar-refractivity contribution in [1.82, 2.24) is 0 Å². The van der Waals surface area contributed by atoms with E-state index in [0.29, 0.717) is 24.2 Å². The zero-order valence-corrected chi connectivity index (χ0v) is 24.8. The molecule has 0 saturated heterocycles. The number of methoxy groups -OCH3 is 1. The Hall–Kier alpha value is -2.44. The Morgan fingerprint density at radius 2 is 1.54 bits per heavy atom. The maximum atomic E-state index is 10.3. The van der Waals surface area contributed by atoms with E-state index in [2.05, 4.69) is 99.6 Å². The van der Waals surface area contributed by atoms with E-state index in [4.69, 9.17) is 9.16 Å². The van der Waals surface area contributed by atoms with Crippen LogP contribution in [0.25, 0.3) is 0 Å². The van der Waals surface area contributed by atoms with Crippen LogP contribution in [0.1, 0.15) is 51.2 Å². The molecule has 0 heterocycles. The molecule has 0 spiro atoms. The molecule has 39 heavy (non-hydrogen) atoms. The molecule has 5 atom stereocenters. The molecule has 5 rings (SSSR count). The first kappa shape index (κ1) is 28.1. The van der Waals surface area contributed by atoms with Gasteiger partial charge in [0.25, 0.3) is 8.32 Å². The number of aliphatic hydroxyl groups excluding tert-OH is 2. The normalized spacial score (nSPS) is 23.6. The fourth-order valence-electron chi connectivity index (χ4n) is 7.50. The van der Waals surface area contributed by atoms with Gasteiger partial charge in [-0.05, 0) is 82.5 Å². The molecule has 208 valence electrons. The van der Waals surface area contributed by atoms with E-state index in [-0.39, 0.29) is 17.7 Å². The van der Waals surface area contributed by atoms with Crippen molar-refractivity contribution in [3.63, 3.8) is 0 Å². The Morgan fingerprint density at radius 1 is 0.897 bits per heavy atom. The molecule has 1 fully saturated rings. The number of aliphatic hydroxyl groups is 2. The zero-order chi connectivity index (χ0) is 27.6. The molecule has 2 aliphatic carbocycles. The number of fused-ring (bicyclic) bond motifs is 2. The summed E-state index contributed by atoms with van der Waals surface area (Å²) in [7, 11) is -0.951. The lowest BCUT2D eigenvalue weighted by atomic mass is 9.73. The van der Waals surface area contributed by atoms with E-state index >= 15 is 0 Å². The van der Waals surface area contributed by atoms with E-state index in [1.165, 1.54) is 21.5 Å². The van der Waals surface area contributed by atoms with Crippen LogP contribution < -0.4 is 15.1 Å². The summed E-state index contributed by atoms with van der Waals surface area (Å²) in [6, 6.07) is 28.2. The molecule has 4 nitrogen and oxygen atoms in total. The van der Waals surface area contributed by atoms with Gasteiger partial charge in [-0.2, -0.15) is 0 Å². The lowest BCUT2D eigenvalue weighted by Gasteiger charge is -2.46. The first-order valence-corrected chi connectivity index (χ1v) is 16.4. The molecule has 5 heteroatoms. The Morgan fingerprint density at radius 3 is 2.10 bits per heavy atom. The van der Waals surface area contributed by atoms with Gasteiger partial charge in [-0.3, -0.25) is 0 Å². The predicted octanol–water partition coefficient (Wildman–Crippen LogP) is 5.12. The number of hydrogen-bond acceptors (Lipinski definition) is 4. The largest absolute Gasteiger partial charge is 0.496 e. The lowest BCUT2D eigenvalue weighted by molar-refractivity contribution is 0.0653. The number of benzene rings is 3. The Labute approximate surface area is 235 Å². The summed E-state index contributed by atoms with van der Waals surface area (Å²) >= 11 is 0. The maximum absolute atomic E-state index is 10.3. The average Bonchev–Trinajstić information content (AvgIpc) is 3.28. The molecule has 0 unspecified atom stereocenters. The van der Waals surface area contributed by atoms with Crippen LogP contribution in [0.4, 0.5) is 0 Å². The van der Waals surface area contributed by atoms with Crippen molar-refractivity contribution in [1.29, 1.82) is 0 Å². The molecule has 0 amide bonds. The number of hydrogen-bond donors (Lipinski definition) is 2. The minimum Gasteiger partial charge on any atom is -0.496 e. The van der Waals surface area contributed by atoms with E-state index in [1.54, 1.807) is 7.11 Å². The average molecular weight is 545 g/mol. The summed E-state index contributed by atoms with van der Waals surface area (Å²) in [6.07, 6.45) is 3.86. The third kappa shape index (κ3) is 5.34. The first-order chi connectivity index (χ1) is 18.8. The van der Waals surface area contributed by atoms with Crippen LogP contribution >= 0.6 is 0 Å². The lowest BCUT2D eigenvalue weighted by Crippen LogP contribution is -2.68. The van der Waals surface area contributed by atoms with Crippen molar-refractivity contribution in [3.05, 3.63) is 90.0 Å². The molecule has 2 aliphatic rings. The van der Waals surface area contributed by atoms with Gasteiger partial charge in [0.05, 0.1) is 19.8 Å². The van der Waals surface area contributed by atoms with E-state index < -0.39 is 14.4 Å². The molecule has 0 aliphatic heterocycles. The SMILES string of the molecule is COc1cccc2c1C[C@H]1C[C@H](O[Si](c3ccccc3)(c3ccccc3)C(C)(C)C)[C@H](CC[C@@H](O)CO)[C@@H]1C2. The van der Waals surface area contributed by atoms with E-state index in [9.17, 15) is 10.2 Å². The highest BCUT2D eigenvalue weighted by atomic mass is 28.4. The highest BCUT2D eigenvalue weighted by Gasteiger charge is 2.55. The standard InChI is InChI=1S/C34H44O4Si/c1-34(2,3)39(27-13-7-5-8-14-27,28-15-9-6-10-16-28)38-33-22-25-21-31-24(12-11-17-32(31)37-4)20-30(25)29(33)19-18-26(36)23-35/h5-17,25-26,29-30,33,35-36H,18-23H2,1-4H3/t25-,26+,29+,30+,33-/m0/s1. The Balaban J connectivity index is 1.57. The second kappa shape index (κ2) is 11.6. The van der Waals surface area contributed by atoms with Crippen molar-refractivity contribution < 1.29 is 19.4 Å². The van der Waals surface area contributed by atoms with Crippen LogP contribution in [0.2, 0.25) is 5.04 Å². The van der Waals surface area contributed by atoms with Crippen molar-refractivity contribution >= 4 is 18.7 Å². The molecular weight excluding hydrogens is 500 g/mol. The van der Waals surface area contributed by atoms with Crippen molar-refractivity contribution in [2.24, 2.45) is 17.8 Å². The third-order valence-electron chi connectivity index (χ3n) is 9.33. The molecule has 0 aromatic heterocycles. The summed E-state index contributed by atoms with van der Waals surface area (Å²) in [5.74, 6) is 2.30. The summed E-state index contributed by atoms with van der Waals surface area (Å²) in [4.78, 5) is 0. The molecule has 1 saturated carbocycles. The van der Waals surface area contributed by atoms with Gasteiger partial charge in [-0.25, -0.2) is 0 Å². The maximum Gasteiger partial charge on any atom is 0.261 e. The molecule has 2 N–H and O–H groups in total. The number of rotatable bonds is 9. The van der Waals surface area contributed by atoms with Gasteiger partial charge in [-0.15, -0.1) is 0 Å². The summed E-state index contributed by atoms with van der Waals surface area (Å²) in [5, 5.41) is 22.5. The fraction of sp³-hybridized carbons (Fsp3) is 0.471. The van der Waals surface area contributed by atoms with Crippen molar-refractivity contribution in [3.8, 4) is 5.75 Å². The summed E-state index contributed by atoms with van der Waals surface area (Å²) in [6.45, 7) is 6.83. The third-order valence-corrected chi connectivity index (χ3v) is 14.4. The Bertz CT molecular complexity index is 1180. The Kier molecular flexibility index (Phi) is 8.34. The smallest absolute Gasteiger partial charge is 0.261 e. The molecular formula is C34H44O4Si. The molecule has 3 aromatic rings. The van der Waals surface area contributed by atoms with E-state index in [1.807, 2.05) is 0 Å². The van der Waals surface area contributed by atoms with Crippen LogP contribution in [0.15, 0.2) is 78.9 Å². The van der Waals surface area contributed by atoms with Gasteiger partial charge in [0, 0.05) is 6.10 Å². The molecule has 3 aromatic carbocycles. The molecule has 0 bridgehead atoms.